The Morgan fingerprint density at radius 1 is 0.962 bits per heavy atom. The smallest absolute Gasteiger partial charge is 0.338 e. The number of carbonyl (C=O) groups excluding carboxylic acids is 2. The molecule has 1 N–H and O–H groups in total. The van der Waals surface area contributed by atoms with Crippen molar-refractivity contribution in [3.05, 3.63) is 77.9 Å². The van der Waals surface area contributed by atoms with Crippen molar-refractivity contribution in [1.82, 2.24) is 0 Å². The summed E-state index contributed by atoms with van der Waals surface area (Å²) < 4.78 is 31.9. The van der Waals surface area contributed by atoms with Crippen LogP contribution in [0.2, 0.25) is 0 Å². The summed E-state index contributed by atoms with van der Waals surface area (Å²) in [6, 6.07) is 15.2. The van der Waals surface area contributed by atoms with Gasteiger partial charge in [-0.05, 0) is 42.0 Å². The van der Waals surface area contributed by atoms with E-state index in [0.717, 1.165) is 29.0 Å². The van der Waals surface area contributed by atoms with Crippen LogP contribution in [0.15, 0.2) is 60.7 Å². The molecule has 1 unspecified atom stereocenters. The number of benzene rings is 3. The van der Waals surface area contributed by atoms with E-state index in [0.29, 0.717) is 5.56 Å². The molecule has 1 amide bonds. The molecular weight excluding hydrogens is 340 g/mol. The molecule has 26 heavy (non-hydrogen) atoms. The topological polar surface area (TPSA) is 55.4 Å². The Labute approximate surface area is 148 Å². The third-order valence-electron chi connectivity index (χ3n) is 3.82. The van der Waals surface area contributed by atoms with Crippen LogP contribution in [0.4, 0.5) is 14.5 Å². The lowest BCUT2D eigenvalue weighted by Crippen LogP contribution is -2.30. The molecule has 0 fully saturated rings. The predicted molar refractivity (Wildman–Crippen MR) is 93.8 cm³/mol. The molecule has 132 valence electrons. The van der Waals surface area contributed by atoms with Gasteiger partial charge in [0.05, 0.1) is 11.3 Å². The van der Waals surface area contributed by atoms with Crippen LogP contribution in [0, 0.1) is 11.6 Å². The van der Waals surface area contributed by atoms with Crippen molar-refractivity contribution >= 4 is 28.3 Å². The predicted octanol–water partition coefficient (Wildman–Crippen LogP) is 4.30. The summed E-state index contributed by atoms with van der Waals surface area (Å²) in [6.07, 6.45) is -1.18. The Morgan fingerprint density at radius 3 is 2.46 bits per heavy atom. The maximum absolute atomic E-state index is 13.6. The highest BCUT2D eigenvalue weighted by Crippen LogP contribution is 2.18. The standard InChI is InChI=1S/C20H15F2NO3/c1-12(19(24)23-18-11-16(21)8-9-17(18)22)26-20(25)15-7-6-13-4-2-3-5-14(13)10-15/h2-12H,1H3,(H,23,24). The van der Waals surface area contributed by atoms with E-state index in [1.807, 2.05) is 24.3 Å². The van der Waals surface area contributed by atoms with Gasteiger partial charge in [-0.3, -0.25) is 4.79 Å². The van der Waals surface area contributed by atoms with Gasteiger partial charge in [-0.2, -0.15) is 0 Å². The zero-order chi connectivity index (χ0) is 18.7. The van der Waals surface area contributed by atoms with Crippen LogP contribution in [0.25, 0.3) is 10.8 Å². The van der Waals surface area contributed by atoms with E-state index in [2.05, 4.69) is 5.32 Å². The number of hydrogen-bond acceptors (Lipinski definition) is 3. The van der Waals surface area contributed by atoms with Gasteiger partial charge in [0.1, 0.15) is 11.6 Å². The highest BCUT2D eigenvalue weighted by molar-refractivity contribution is 5.99. The quantitative estimate of drug-likeness (QED) is 0.710. The first-order valence-corrected chi connectivity index (χ1v) is 7.90. The minimum absolute atomic E-state index is 0.292. The Morgan fingerprint density at radius 2 is 1.69 bits per heavy atom. The molecule has 3 aromatic carbocycles. The van der Waals surface area contributed by atoms with E-state index in [9.17, 15) is 18.4 Å². The van der Waals surface area contributed by atoms with E-state index in [1.165, 1.54) is 6.92 Å². The number of halogens is 2. The molecule has 0 spiro atoms. The highest BCUT2D eigenvalue weighted by atomic mass is 19.1. The number of amides is 1. The van der Waals surface area contributed by atoms with Gasteiger partial charge < -0.3 is 10.1 Å². The van der Waals surface area contributed by atoms with Gasteiger partial charge in [0.15, 0.2) is 6.10 Å². The third kappa shape index (κ3) is 3.85. The summed E-state index contributed by atoms with van der Waals surface area (Å²) in [4.78, 5) is 24.3. The summed E-state index contributed by atoms with van der Waals surface area (Å²) in [5, 5.41) is 4.04. The van der Waals surface area contributed by atoms with Crippen LogP contribution in [-0.2, 0) is 9.53 Å². The maximum Gasteiger partial charge on any atom is 0.338 e. The lowest BCUT2D eigenvalue weighted by atomic mass is 10.1. The van der Waals surface area contributed by atoms with E-state index in [4.69, 9.17) is 4.74 Å². The first kappa shape index (κ1) is 17.5. The number of anilines is 1. The van der Waals surface area contributed by atoms with Crippen molar-refractivity contribution in [2.75, 3.05) is 5.32 Å². The van der Waals surface area contributed by atoms with Crippen LogP contribution < -0.4 is 5.32 Å². The number of ether oxygens (including phenoxy) is 1. The van der Waals surface area contributed by atoms with Crippen molar-refractivity contribution in [2.24, 2.45) is 0 Å². The molecule has 1 atom stereocenters. The van der Waals surface area contributed by atoms with Gasteiger partial charge in [-0.25, -0.2) is 13.6 Å². The summed E-state index contributed by atoms with van der Waals surface area (Å²) in [6.45, 7) is 1.35. The monoisotopic (exact) mass is 355 g/mol. The molecule has 0 aliphatic rings. The molecule has 0 saturated heterocycles. The average molecular weight is 355 g/mol. The minimum Gasteiger partial charge on any atom is -0.449 e. The Bertz CT molecular complexity index is 988. The molecular formula is C20H15F2NO3. The maximum atomic E-state index is 13.6. The van der Waals surface area contributed by atoms with Crippen LogP contribution in [0.5, 0.6) is 0 Å². The summed E-state index contributed by atoms with van der Waals surface area (Å²) in [7, 11) is 0. The molecule has 0 aromatic heterocycles. The van der Waals surface area contributed by atoms with Gasteiger partial charge >= 0.3 is 5.97 Å². The van der Waals surface area contributed by atoms with E-state index in [1.54, 1.807) is 18.2 Å². The number of carbonyl (C=O) groups is 2. The zero-order valence-electron chi connectivity index (χ0n) is 13.8. The number of hydrogen-bond donors (Lipinski definition) is 1. The number of nitrogens with one attached hydrogen (secondary N) is 1. The zero-order valence-corrected chi connectivity index (χ0v) is 13.8. The number of esters is 1. The molecule has 0 aliphatic heterocycles. The number of rotatable bonds is 4. The van der Waals surface area contributed by atoms with Crippen molar-refractivity contribution in [1.29, 1.82) is 0 Å². The fraction of sp³-hybridized carbons (Fsp3) is 0.100. The fourth-order valence-electron chi connectivity index (χ4n) is 2.43. The van der Waals surface area contributed by atoms with Crippen molar-refractivity contribution < 1.29 is 23.1 Å². The Balaban J connectivity index is 1.69. The summed E-state index contributed by atoms with van der Waals surface area (Å²) in [5.74, 6) is -2.92. The third-order valence-corrected chi connectivity index (χ3v) is 3.82. The second kappa shape index (κ2) is 7.31. The van der Waals surface area contributed by atoms with Crippen LogP contribution >= 0.6 is 0 Å². The summed E-state index contributed by atoms with van der Waals surface area (Å²) >= 11 is 0. The first-order chi connectivity index (χ1) is 12.4. The van der Waals surface area contributed by atoms with Crippen LogP contribution in [0.1, 0.15) is 17.3 Å². The largest absolute Gasteiger partial charge is 0.449 e. The van der Waals surface area contributed by atoms with Crippen molar-refractivity contribution in [2.45, 2.75) is 13.0 Å². The van der Waals surface area contributed by atoms with Gasteiger partial charge in [-0.15, -0.1) is 0 Å². The van der Waals surface area contributed by atoms with Crippen LogP contribution in [-0.4, -0.2) is 18.0 Å². The second-order valence-electron chi connectivity index (χ2n) is 5.72. The molecule has 3 rings (SSSR count). The van der Waals surface area contributed by atoms with E-state index in [-0.39, 0.29) is 5.69 Å². The lowest BCUT2D eigenvalue weighted by molar-refractivity contribution is -0.123. The molecule has 0 aliphatic carbocycles. The van der Waals surface area contributed by atoms with Gasteiger partial charge in [0, 0.05) is 6.07 Å². The van der Waals surface area contributed by atoms with E-state index < -0.39 is 29.6 Å². The second-order valence-corrected chi connectivity index (χ2v) is 5.72. The normalized spacial score (nSPS) is 11.8. The Hall–Kier alpha value is -3.28. The highest BCUT2D eigenvalue weighted by Gasteiger charge is 2.20. The SMILES string of the molecule is CC(OC(=O)c1ccc2ccccc2c1)C(=O)Nc1cc(F)ccc1F. The van der Waals surface area contributed by atoms with E-state index >= 15 is 0 Å². The lowest BCUT2D eigenvalue weighted by Gasteiger charge is -2.14. The summed E-state index contributed by atoms with van der Waals surface area (Å²) in [5.41, 5.74) is -0.0242. The molecule has 0 bridgehead atoms. The van der Waals surface area contributed by atoms with Crippen LogP contribution in [0.3, 0.4) is 0 Å². The Kier molecular flexibility index (Phi) is 4.93. The van der Waals surface area contributed by atoms with Gasteiger partial charge in [-0.1, -0.05) is 30.3 Å². The van der Waals surface area contributed by atoms with Gasteiger partial charge in [0.2, 0.25) is 0 Å². The number of fused-ring (bicyclic) bond motifs is 1. The fourth-order valence-corrected chi connectivity index (χ4v) is 2.43. The van der Waals surface area contributed by atoms with Crippen molar-refractivity contribution in [3.8, 4) is 0 Å². The first-order valence-electron chi connectivity index (χ1n) is 7.90. The molecule has 0 heterocycles. The average Bonchev–Trinajstić information content (AvgIpc) is 2.64. The van der Waals surface area contributed by atoms with Gasteiger partial charge in [0.25, 0.3) is 5.91 Å². The minimum atomic E-state index is -1.18. The molecule has 0 radical (unpaired) electrons. The molecule has 4 nitrogen and oxygen atoms in total. The molecule has 3 aromatic rings. The molecule has 0 saturated carbocycles. The van der Waals surface area contributed by atoms with Crippen molar-refractivity contribution in [3.63, 3.8) is 0 Å². The molecule has 6 heteroatoms.